The van der Waals surface area contributed by atoms with E-state index in [2.05, 4.69) is 58.2 Å². The van der Waals surface area contributed by atoms with E-state index in [1.165, 1.54) is 0 Å². The molecular weight excluding hydrogens is 328 g/mol. The molecule has 0 saturated carbocycles. The van der Waals surface area contributed by atoms with E-state index in [9.17, 15) is 0 Å². The molecule has 2 rings (SSSR count). The molecule has 2 aromatic heterocycles. The molecule has 0 aliphatic heterocycles. The molecule has 0 saturated heterocycles. The Balaban J connectivity index is 2.18. The monoisotopic (exact) mass is 350 g/mol. The number of hydrogen-bond donors (Lipinski definition) is 1. The Kier molecular flexibility index (Phi) is 5.94. The summed E-state index contributed by atoms with van der Waals surface area (Å²) >= 11 is 3.60. The summed E-state index contributed by atoms with van der Waals surface area (Å²) in [7, 11) is 0. The molecule has 0 amide bonds. The molecule has 114 valence electrons. The number of pyridine rings is 1. The van der Waals surface area contributed by atoms with E-state index in [0.29, 0.717) is 6.04 Å². The molecule has 0 bridgehead atoms. The highest BCUT2D eigenvalue weighted by atomic mass is 79.9. The first-order chi connectivity index (χ1) is 10.1. The van der Waals surface area contributed by atoms with Crippen LogP contribution in [-0.4, -0.2) is 21.3 Å². The zero-order valence-corrected chi connectivity index (χ0v) is 14.5. The lowest BCUT2D eigenvalue weighted by Crippen LogP contribution is -2.25. The minimum atomic E-state index is 0.177. The Morgan fingerprint density at radius 2 is 2.14 bits per heavy atom. The number of nitrogens with one attached hydrogen (secondary N) is 1. The summed E-state index contributed by atoms with van der Waals surface area (Å²) < 4.78 is 3.04. The van der Waals surface area contributed by atoms with E-state index < -0.39 is 0 Å². The average Bonchev–Trinajstić information content (AvgIpc) is 2.93. The summed E-state index contributed by atoms with van der Waals surface area (Å²) in [6, 6.07) is 6.64. The third kappa shape index (κ3) is 4.38. The molecule has 4 nitrogen and oxygen atoms in total. The lowest BCUT2D eigenvalue weighted by Gasteiger charge is -2.18. The van der Waals surface area contributed by atoms with Crippen molar-refractivity contribution < 1.29 is 0 Å². The fourth-order valence-electron chi connectivity index (χ4n) is 2.22. The van der Waals surface area contributed by atoms with Crippen molar-refractivity contribution in [3.8, 4) is 0 Å². The fraction of sp³-hybridized carbons (Fsp3) is 0.500. The van der Waals surface area contributed by atoms with Crippen LogP contribution in [0.3, 0.4) is 0 Å². The van der Waals surface area contributed by atoms with Gasteiger partial charge in [0.05, 0.1) is 17.4 Å². The summed E-state index contributed by atoms with van der Waals surface area (Å²) in [6.45, 7) is 7.42. The topological polar surface area (TPSA) is 42.7 Å². The van der Waals surface area contributed by atoms with E-state index in [0.717, 1.165) is 35.2 Å². The predicted octanol–water partition coefficient (Wildman–Crippen LogP) is 3.90. The Labute approximate surface area is 135 Å². The highest BCUT2D eigenvalue weighted by Crippen LogP contribution is 2.23. The van der Waals surface area contributed by atoms with Crippen LogP contribution in [0, 0.1) is 0 Å². The summed E-state index contributed by atoms with van der Waals surface area (Å²) in [5.41, 5.74) is 2.14. The summed E-state index contributed by atoms with van der Waals surface area (Å²) in [5.74, 6) is 0. The first-order valence-corrected chi connectivity index (χ1v) is 8.29. The predicted molar refractivity (Wildman–Crippen MR) is 89.3 cm³/mol. The highest BCUT2D eigenvalue weighted by molar-refractivity contribution is 9.10. The summed E-state index contributed by atoms with van der Waals surface area (Å²) in [4.78, 5) is 4.53. The van der Waals surface area contributed by atoms with Gasteiger partial charge in [-0.3, -0.25) is 9.67 Å². The minimum Gasteiger partial charge on any atom is -0.308 e. The van der Waals surface area contributed by atoms with Gasteiger partial charge in [0.15, 0.2) is 0 Å². The van der Waals surface area contributed by atoms with Gasteiger partial charge in [-0.1, -0.05) is 6.92 Å². The van der Waals surface area contributed by atoms with Gasteiger partial charge >= 0.3 is 0 Å². The first kappa shape index (κ1) is 16.2. The Morgan fingerprint density at radius 3 is 2.76 bits per heavy atom. The van der Waals surface area contributed by atoms with Crippen molar-refractivity contribution >= 4 is 15.9 Å². The maximum absolute atomic E-state index is 4.65. The zero-order valence-electron chi connectivity index (χ0n) is 12.9. The molecule has 0 aromatic carbocycles. The van der Waals surface area contributed by atoms with Gasteiger partial charge in [-0.2, -0.15) is 5.10 Å². The van der Waals surface area contributed by atoms with Crippen molar-refractivity contribution in [1.29, 1.82) is 0 Å². The number of nitrogens with zero attached hydrogens (tertiary/aromatic N) is 3. The molecule has 2 aromatic rings. The number of halogens is 1. The Morgan fingerprint density at radius 1 is 1.33 bits per heavy atom. The molecule has 0 fully saturated rings. The minimum absolute atomic E-state index is 0.177. The van der Waals surface area contributed by atoms with Crippen molar-refractivity contribution in [3.63, 3.8) is 0 Å². The molecule has 21 heavy (non-hydrogen) atoms. The van der Waals surface area contributed by atoms with Crippen LogP contribution < -0.4 is 5.32 Å². The van der Waals surface area contributed by atoms with Crippen LogP contribution in [-0.2, 0) is 6.42 Å². The van der Waals surface area contributed by atoms with Crippen LogP contribution in [0.2, 0.25) is 0 Å². The van der Waals surface area contributed by atoms with Gasteiger partial charge in [-0.05, 0) is 60.9 Å². The maximum Gasteiger partial charge on any atom is 0.0718 e. The van der Waals surface area contributed by atoms with Gasteiger partial charge in [-0.25, -0.2) is 0 Å². The van der Waals surface area contributed by atoms with Gasteiger partial charge in [0, 0.05) is 29.3 Å². The van der Waals surface area contributed by atoms with Crippen LogP contribution in [0.15, 0.2) is 35.1 Å². The molecule has 1 unspecified atom stereocenters. The van der Waals surface area contributed by atoms with Crippen molar-refractivity contribution in [3.05, 3.63) is 46.5 Å². The van der Waals surface area contributed by atoms with E-state index in [4.69, 9.17) is 0 Å². The quantitative estimate of drug-likeness (QED) is 0.823. The van der Waals surface area contributed by atoms with Gasteiger partial charge < -0.3 is 5.32 Å². The van der Waals surface area contributed by atoms with Crippen molar-refractivity contribution in [2.24, 2.45) is 0 Å². The normalized spacial score (nSPS) is 12.8. The lowest BCUT2D eigenvalue weighted by molar-refractivity contribution is 0.492. The van der Waals surface area contributed by atoms with Gasteiger partial charge in [0.25, 0.3) is 0 Å². The highest BCUT2D eigenvalue weighted by Gasteiger charge is 2.17. The van der Waals surface area contributed by atoms with Crippen LogP contribution in [0.25, 0.3) is 0 Å². The summed E-state index contributed by atoms with van der Waals surface area (Å²) in [5, 5.41) is 8.22. The van der Waals surface area contributed by atoms with Gasteiger partial charge in [-0.15, -0.1) is 0 Å². The third-order valence-electron chi connectivity index (χ3n) is 3.36. The molecule has 0 aliphatic carbocycles. The second-order valence-corrected chi connectivity index (χ2v) is 6.32. The van der Waals surface area contributed by atoms with Gasteiger partial charge in [0.2, 0.25) is 0 Å². The first-order valence-electron chi connectivity index (χ1n) is 7.49. The van der Waals surface area contributed by atoms with Crippen LogP contribution in [0.5, 0.6) is 0 Å². The van der Waals surface area contributed by atoms with Crippen LogP contribution in [0.1, 0.15) is 50.7 Å². The second-order valence-electron chi connectivity index (χ2n) is 5.46. The van der Waals surface area contributed by atoms with E-state index in [1.807, 2.05) is 29.2 Å². The van der Waals surface area contributed by atoms with Crippen molar-refractivity contribution in [2.45, 2.75) is 45.7 Å². The zero-order chi connectivity index (χ0) is 15.2. The van der Waals surface area contributed by atoms with Crippen molar-refractivity contribution in [1.82, 2.24) is 20.1 Å². The average molecular weight is 351 g/mol. The third-order valence-corrected chi connectivity index (χ3v) is 4.03. The maximum atomic E-state index is 4.65. The number of rotatable bonds is 7. The Bertz CT molecular complexity index is 565. The standard InChI is InChI=1S/C16H23BrN4/c1-4-8-18-15(16-14(17)6-5-9-19-16)11-13-7-10-21(20-13)12(2)3/h5-7,9-10,12,15,18H,4,8,11H2,1-3H3. The molecule has 1 N–H and O–H groups in total. The SMILES string of the molecule is CCCNC(Cc1ccn(C(C)C)n1)c1ncccc1Br. The Hall–Kier alpha value is -1.20. The smallest absolute Gasteiger partial charge is 0.0718 e. The molecular formula is C16H23BrN4. The van der Waals surface area contributed by atoms with E-state index in [-0.39, 0.29) is 6.04 Å². The van der Waals surface area contributed by atoms with Crippen molar-refractivity contribution in [2.75, 3.05) is 6.54 Å². The van der Waals surface area contributed by atoms with Gasteiger partial charge in [0.1, 0.15) is 0 Å². The molecule has 1 atom stereocenters. The van der Waals surface area contributed by atoms with E-state index in [1.54, 1.807) is 0 Å². The summed E-state index contributed by atoms with van der Waals surface area (Å²) in [6.07, 6.45) is 5.83. The molecule has 2 heterocycles. The lowest BCUT2D eigenvalue weighted by atomic mass is 10.1. The van der Waals surface area contributed by atoms with E-state index >= 15 is 0 Å². The number of aromatic nitrogens is 3. The fourth-order valence-corrected chi connectivity index (χ4v) is 2.75. The molecule has 0 radical (unpaired) electrons. The van der Waals surface area contributed by atoms with Crippen LogP contribution >= 0.6 is 15.9 Å². The second kappa shape index (κ2) is 7.71. The van der Waals surface area contributed by atoms with Crippen LogP contribution in [0.4, 0.5) is 0 Å². The largest absolute Gasteiger partial charge is 0.308 e. The molecule has 0 aliphatic rings. The molecule has 5 heteroatoms. The molecule has 0 spiro atoms. The number of hydrogen-bond acceptors (Lipinski definition) is 3.